The molecule has 0 aliphatic heterocycles. The van der Waals surface area contributed by atoms with Crippen LogP contribution >= 0.6 is 0 Å². The molecule has 0 aliphatic rings. The van der Waals surface area contributed by atoms with Gasteiger partial charge in [-0.1, -0.05) is 24.3 Å². The van der Waals surface area contributed by atoms with Gasteiger partial charge in [-0.15, -0.1) is 0 Å². The number of imidazole rings is 1. The van der Waals surface area contributed by atoms with Crippen molar-refractivity contribution < 1.29 is 9.53 Å². The highest BCUT2D eigenvalue weighted by Crippen LogP contribution is 2.23. The minimum Gasteiger partial charge on any atom is -0.425 e. The summed E-state index contributed by atoms with van der Waals surface area (Å²) in [5.41, 5.74) is 1.75. The second-order valence-corrected chi connectivity index (χ2v) is 6.94. The number of carbonyl (C=O) groups is 1. The van der Waals surface area contributed by atoms with Gasteiger partial charge in [0.1, 0.15) is 12.3 Å². The van der Waals surface area contributed by atoms with Gasteiger partial charge < -0.3 is 9.30 Å². The summed E-state index contributed by atoms with van der Waals surface area (Å²) in [6.45, 7) is -0.235. The summed E-state index contributed by atoms with van der Waals surface area (Å²) in [7, 11) is 2.88. The highest BCUT2D eigenvalue weighted by molar-refractivity contribution is 5.77. The number of hydrogen-bond acceptors (Lipinski definition) is 6. The molecule has 0 bridgehead atoms. The molecule has 0 unspecified atom stereocenters. The molecule has 9 nitrogen and oxygen atoms in total. The number of nitrogens with zero attached hydrogens (tertiary/aromatic N) is 5. The summed E-state index contributed by atoms with van der Waals surface area (Å²) in [6, 6.07) is 16.2. The summed E-state index contributed by atoms with van der Waals surface area (Å²) in [5, 5.41) is 8.89. The average Bonchev–Trinajstić information content (AvgIpc) is 3.20. The van der Waals surface area contributed by atoms with Crippen LogP contribution in [-0.4, -0.2) is 24.7 Å². The lowest BCUT2D eigenvalue weighted by molar-refractivity contribution is -0.135. The van der Waals surface area contributed by atoms with Crippen LogP contribution in [0, 0.1) is 11.3 Å². The van der Waals surface area contributed by atoms with Gasteiger partial charge in [-0.25, -0.2) is 14.6 Å². The van der Waals surface area contributed by atoms with E-state index in [1.807, 2.05) is 24.3 Å². The Hall–Kier alpha value is -4.45. The fourth-order valence-corrected chi connectivity index (χ4v) is 3.27. The highest BCUT2D eigenvalue weighted by Gasteiger charge is 2.16. The number of fused-ring (bicyclic) bond motifs is 1. The Kier molecular flexibility index (Phi) is 4.97. The third kappa shape index (κ3) is 3.62. The molecule has 0 spiro atoms. The first-order valence-electron chi connectivity index (χ1n) is 9.31. The predicted molar refractivity (Wildman–Crippen MR) is 112 cm³/mol. The number of benzene rings is 2. The third-order valence-corrected chi connectivity index (χ3v) is 4.95. The topological polar surface area (TPSA) is 112 Å². The van der Waals surface area contributed by atoms with Crippen LogP contribution in [0.3, 0.4) is 0 Å². The Labute approximate surface area is 176 Å². The van der Waals surface area contributed by atoms with Crippen molar-refractivity contribution in [3.05, 3.63) is 81.3 Å². The van der Waals surface area contributed by atoms with E-state index in [0.717, 1.165) is 15.7 Å². The molecule has 31 heavy (non-hydrogen) atoms. The van der Waals surface area contributed by atoms with Gasteiger partial charge in [-0.2, -0.15) is 5.26 Å². The Morgan fingerprint density at radius 1 is 1.00 bits per heavy atom. The van der Waals surface area contributed by atoms with E-state index in [2.05, 4.69) is 11.1 Å². The number of esters is 1. The lowest BCUT2D eigenvalue weighted by Gasteiger charge is -2.08. The number of ether oxygens (including phenoxy) is 1. The van der Waals surface area contributed by atoms with Gasteiger partial charge >= 0.3 is 11.7 Å². The number of nitriles is 1. The molecule has 154 valence electrons. The number of rotatable bonds is 4. The number of aryl methyl sites for hydroxylation is 1. The molecule has 0 atom stereocenters. The molecule has 0 radical (unpaired) electrons. The molecule has 9 heteroatoms. The first-order chi connectivity index (χ1) is 14.9. The molecule has 2 heterocycles. The minimum absolute atomic E-state index is 0.151. The summed E-state index contributed by atoms with van der Waals surface area (Å²) >= 11 is 0. The summed E-state index contributed by atoms with van der Waals surface area (Å²) in [4.78, 5) is 41.0. The van der Waals surface area contributed by atoms with E-state index in [0.29, 0.717) is 11.3 Å². The maximum atomic E-state index is 12.5. The Morgan fingerprint density at radius 3 is 2.23 bits per heavy atom. The molecule has 0 amide bonds. The van der Waals surface area contributed by atoms with Crippen LogP contribution in [0.5, 0.6) is 5.75 Å². The van der Waals surface area contributed by atoms with Crippen molar-refractivity contribution in [1.82, 2.24) is 18.7 Å². The van der Waals surface area contributed by atoms with Crippen LogP contribution < -0.4 is 16.0 Å². The molecule has 0 saturated heterocycles. The third-order valence-electron chi connectivity index (χ3n) is 4.95. The maximum absolute atomic E-state index is 12.5. The molecular weight excluding hydrogens is 398 g/mol. The van der Waals surface area contributed by atoms with Crippen LogP contribution in [0.1, 0.15) is 5.56 Å². The molecule has 4 rings (SSSR count). The van der Waals surface area contributed by atoms with Crippen molar-refractivity contribution in [3.63, 3.8) is 0 Å². The van der Waals surface area contributed by atoms with Crippen LogP contribution in [-0.2, 0) is 25.4 Å². The zero-order valence-corrected chi connectivity index (χ0v) is 16.8. The van der Waals surface area contributed by atoms with E-state index in [4.69, 9.17) is 10.00 Å². The quantitative estimate of drug-likeness (QED) is 0.370. The standard InChI is InChI=1S/C22H17N5O4/c1-25-20-19(21(29)26(2)22(25)30)27(13-24-20)12-18(28)31-17-9-7-16(8-10-17)15-5-3-14(11-23)4-6-15/h3-10,13H,12H2,1-2H3. The maximum Gasteiger partial charge on any atom is 0.332 e. The number of hydrogen-bond donors (Lipinski definition) is 0. The van der Waals surface area contributed by atoms with Gasteiger partial charge in [0, 0.05) is 14.1 Å². The summed E-state index contributed by atoms with van der Waals surface area (Å²) in [6.07, 6.45) is 1.33. The lowest BCUT2D eigenvalue weighted by atomic mass is 10.0. The zero-order valence-electron chi connectivity index (χ0n) is 16.8. The van der Waals surface area contributed by atoms with Crippen LogP contribution in [0.15, 0.2) is 64.4 Å². The summed E-state index contributed by atoms with van der Waals surface area (Å²) in [5.74, 6) is -0.228. The zero-order chi connectivity index (χ0) is 22.1. The van der Waals surface area contributed by atoms with E-state index >= 15 is 0 Å². The van der Waals surface area contributed by atoms with E-state index in [-0.39, 0.29) is 17.7 Å². The van der Waals surface area contributed by atoms with Gasteiger partial charge in [-0.3, -0.25) is 13.9 Å². The minimum atomic E-state index is -0.582. The van der Waals surface area contributed by atoms with Crippen molar-refractivity contribution in [3.8, 4) is 22.9 Å². The van der Waals surface area contributed by atoms with E-state index < -0.39 is 17.2 Å². The Balaban J connectivity index is 1.52. The molecule has 2 aromatic carbocycles. The number of aromatic nitrogens is 4. The Morgan fingerprint density at radius 2 is 1.61 bits per heavy atom. The largest absolute Gasteiger partial charge is 0.425 e. The molecule has 0 fully saturated rings. The molecular formula is C22H17N5O4. The van der Waals surface area contributed by atoms with Crippen LogP contribution in [0.4, 0.5) is 0 Å². The predicted octanol–water partition coefficient (Wildman–Crippen LogP) is 1.58. The normalized spacial score (nSPS) is 10.7. The van der Waals surface area contributed by atoms with Crippen molar-refractivity contribution in [1.29, 1.82) is 5.26 Å². The monoisotopic (exact) mass is 415 g/mol. The van der Waals surface area contributed by atoms with Crippen molar-refractivity contribution in [2.24, 2.45) is 14.1 Å². The van der Waals surface area contributed by atoms with Crippen molar-refractivity contribution >= 4 is 17.1 Å². The first kappa shape index (κ1) is 19.8. The van der Waals surface area contributed by atoms with Crippen molar-refractivity contribution in [2.45, 2.75) is 6.54 Å². The molecule has 2 aromatic heterocycles. The van der Waals surface area contributed by atoms with Gasteiger partial charge in [0.05, 0.1) is 18.0 Å². The fraction of sp³-hybridized carbons (Fsp3) is 0.136. The average molecular weight is 415 g/mol. The van der Waals surface area contributed by atoms with Gasteiger partial charge in [-0.05, 0) is 35.4 Å². The van der Waals surface area contributed by atoms with E-state index in [1.54, 1.807) is 24.3 Å². The van der Waals surface area contributed by atoms with E-state index in [9.17, 15) is 14.4 Å². The van der Waals surface area contributed by atoms with Crippen LogP contribution in [0.2, 0.25) is 0 Å². The SMILES string of the molecule is Cn1c(=O)c2c(ncn2CC(=O)Oc2ccc(-c3ccc(C#N)cc3)cc2)n(C)c1=O. The van der Waals surface area contributed by atoms with Crippen molar-refractivity contribution in [2.75, 3.05) is 0 Å². The molecule has 0 aliphatic carbocycles. The highest BCUT2D eigenvalue weighted by atomic mass is 16.5. The van der Waals surface area contributed by atoms with Gasteiger partial charge in [0.2, 0.25) is 0 Å². The van der Waals surface area contributed by atoms with Crippen LogP contribution in [0.25, 0.3) is 22.3 Å². The second-order valence-electron chi connectivity index (χ2n) is 6.94. The molecule has 0 N–H and O–H groups in total. The Bertz CT molecular complexity index is 1450. The molecule has 4 aromatic rings. The molecule has 0 saturated carbocycles. The fourth-order valence-electron chi connectivity index (χ4n) is 3.27. The lowest BCUT2D eigenvalue weighted by Crippen LogP contribution is -2.37. The smallest absolute Gasteiger partial charge is 0.332 e. The second kappa shape index (κ2) is 7.76. The first-order valence-corrected chi connectivity index (χ1v) is 9.31. The van der Waals surface area contributed by atoms with Gasteiger partial charge in [0.15, 0.2) is 11.2 Å². The number of carbonyl (C=O) groups excluding carboxylic acids is 1. The van der Waals surface area contributed by atoms with Gasteiger partial charge in [0.25, 0.3) is 5.56 Å². The summed E-state index contributed by atoms with van der Waals surface area (Å²) < 4.78 is 8.96. The van der Waals surface area contributed by atoms with E-state index in [1.165, 1.54) is 29.6 Å².